The molecule has 20 heavy (non-hydrogen) atoms. The summed E-state index contributed by atoms with van der Waals surface area (Å²) in [6.45, 7) is 1.21. The van der Waals surface area contributed by atoms with E-state index in [0.717, 1.165) is 25.9 Å². The lowest BCUT2D eigenvalue weighted by molar-refractivity contribution is -0.0129. The van der Waals surface area contributed by atoms with Crippen LogP contribution in [0, 0.1) is 0 Å². The number of rotatable bonds is 4. The second kappa shape index (κ2) is 5.83. The van der Waals surface area contributed by atoms with E-state index in [1.807, 2.05) is 0 Å². The summed E-state index contributed by atoms with van der Waals surface area (Å²) in [4.78, 5) is 16.2. The number of imidazole rings is 1. The first-order valence-corrected chi connectivity index (χ1v) is 6.55. The van der Waals surface area contributed by atoms with Gasteiger partial charge in [-0.05, 0) is 19.3 Å². The molecular formula is C12H16N6O2. The Morgan fingerprint density at radius 3 is 3.05 bits per heavy atom. The first-order chi connectivity index (χ1) is 9.81. The predicted octanol–water partition coefficient (Wildman–Crippen LogP) is 0.587. The number of nitrogen functional groups attached to an aromatic ring is 1. The predicted molar refractivity (Wildman–Crippen MR) is 70.4 cm³/mol. The Balaban J connectivity index is 1.69. The second-order valence-corrected chi connectivity index (χ2v) is 4.55. The molecule has 0 radical (unpaired) electrons. The average molecular weight is 276 g/mol. The summed E-state index contributed by atoms with van der Waals surface area (Å²) in [6.07, 6.45) is 8.31. The topological polar surface area (TPSA) is 101 Å². The smallest absolute Gasteiger partial charge is 0.323 e. The van der Waals surface area contributed by atoms with Crippen molar-refractivity contribution in [3.63, 3.8) is 0 Å². The lowest BCUT2D eigenvalue weighted by Gasteiger charge is -2.22. The number of hydrogen-bond donors (Lipinski definition) is 1. The Labute approximate surface area is 116 Å². The fraction of sp³-hybridized carbons (Fsp3) is 0.500. The van der Waals surface area contributed by atoms with Crippen molar-refractivity contribution in [2.75, 3.05) is 18.9 Å². The number of nitrogens with two attached hydrogens (primary N) is 1. The lowest BCUT2D eigenvalue weighted by atomic mass is 10.1. The molecule has 106 valence electrons. The first kappa shape index (κ1) is 12.8. The molecule has 0 saturated carbocycles. The van der Waals surface area contributed by atoms with E-state index in [4.69, 9.17) is 15.2 Å². The van der Waals surface area contributed by atoms with Crippen molar-refractivity contribution in [3.8, 4) is 12.0 Å². The van der Waals surface area contributed by atoms with Crippen LogP contribution >= 0.6 is 0 Å². The Hall–Kier alpha value is -2.22. The first-order valence-electron chi connectivity index (χ1n) is 6.55. The Morgan fingerprint density at radius 2 is 2.30 bits per heavy atom. The Kier molecular flexibility index (Phi) is 3.73. The SMILES string of the molecule is Nc1nc(OCC2CCCCO2)nc(-n2ccnc2)n1. The highest BCUT2D eigenvalue weighted by atomic mass is 16.5. The zero-order chi connectivity index (χ0) is 13.8. The maximum absolute atomic E-state index is 5.67. The van der Waals surface area contributed by atoms with Crippen LogP contribution < -0.4 is 10.5 Å². The second-order valence-electron chi connectivity index (χ2n) is 4.55. The lowest BCUT2D eigenvalue weighted by Crippen LogP contribution is -2.26. The van der Waals surface area contributed by atoms with Gasteiger partial charge in [-0.2, -0.15) is 15.0 Å². The Morgan fingerprint density at radius 1 is 1.35 bits per heavy atom. The maximum atomic E-state index is 5.67. The van der Waals surface area contributed by atoms with Gasteiger partial charge >= 0.3 is 6.01 Å². The summed E-state index contributed by atoms with van der Waals surface area (Å²) >= 11 is 0. The van der Waals surface area contributed by atoms with Gasteiger partial charge in [-0.15, -0.1) is 0 Å². The molecule has 1 aliphatic rings. The minimum absolute atomic E-state index is 0.0958. The van der Waals surface area contributed by atoms with Crippen molar-refractivity contribution in [1.29, 1.82) is 0 Å². The third kappa shape index (κ3) is 3.02. The molecule has 2 aromatic heterocycles. The molecule has 1 atom stereocenters. The normalized spacial score (nSPS) is 18.9. The van der Waals surface area contributed by atoms with E-state index >= 15 is 0 Å². The molecule has 0 spiro atoms. The minimum Gasteiger partial charge on any atom is -0.461 e. The fourth-order valence-corrected chi connectivity index (χ4v) is 2.02. The molecule has 3 rings (SSSR count). The van der Waals surface area contributed by atoms with Gasteiger partial charge in [-0.1, -0.05) is 0 Å². The van der Waals surface area contributed by atoms with Crippen LogP contribution in [0.15, 0.2) is 18.7 Å². The third-order valence-corrected chi connectivity index (χ3v) is 3.03. The van der Waals surface area contributed by atoms with Gasteiger partial charge in [0.05, 0.1) is 6.10 Å². The molecule has 0 amide bonds. The molecule has 8 heteroatoms. The van der Waals surface area contributed by atoms with Gasteiger partial charge in [0.1, 0.15) is 12.9 Å². The molecule has 1 unspecified atom stereocenters. The van der Waals surface area contributed by atoms with Gasteiger partial charge < -0.3 is 15.2 Å². The summed E-state index contributed by atoms with van der Waals surface area (Å²) < 4.78 is 12.8. The van der Waals surface area contributed by atoms with Crippen molar-refractivity contribution in [2.45, 2.75) is 25.4 Å². The summed E-state index contributed by atoms with van der Waals surface area (Å²) in [5, 5.41) is 0. The van der Waals surface area contributed by atoms with Crippen LogP contribution in [0.25, 0.3) is 5.95 Å². The third-order valence-electron chi connectivity index (χ3n) is 3.03. The molecular weight excluding hydrogens is 260 g/mol. The highest BCUT2D eigenvalue weighted by molar-refractivity contribution is 5.25. The van der Waals surface area contributed by atoms with E-state index in [1.54, 1.807) is 23.3 Å². The largest absolute Gasteiger partial charge is 0.461 e. The van der Waals surface area contributed by atoms with Gasteiger partial charge in [0, 0.05) is 19.0 Å². The molecule has 1 fully saturated rings. The van der Waals surface area contributed by atoms with Crippen molar-refractivity contribution >= 4 is 5.95 Å². The highest BCUT2D eigenvalue weighted by Gasteiger charge is 2.16. The number of nitrogens with zero attached hydrogens (tertiary/aromatic N) is 5. The van der Waals surface area contributed by atoms with E-state index in [-0.39, 0.29) is 18.1 Å². The van der Waals surface area contributed by atoms with Gasteiger partial charge in [0.2, 0.25) is 11.9 Å². The van der Waals surface area contributed by atoms with E-state index in [0.29, 0.717) is 12.6 Å². The van der Waals surface area contributed by atoms with Crippen molar-refractivity contribution in [3.05, 3.63) is 18.7 Å². The molecule has 1 aliphatic heterocycles. The minimum atomic E-state index is 0.0958. The van der Waals surface area contributed by atoms with Crippen LogP contribution in [0.3, 0.4) is 0 Å². The molecule has 2 N–H and O–H groups in total. The van der Waals surface area contributed by atoms with Gasteiger partial charge in [-0.3, -0.25) is 4.57 Å². The molecule has 0 bridgehead atoms. The maximum Gasteiger partial charge on any atom is 0.323 e. The van der Waals surface area contributed by atoms with Crippen LogP contribution in [0.5, 0.6) is 6.01 Å². The highest BCUT2D eigenvalue weighted by Crippen LogP contribution is 2.14. The molecule has 1 saturated heterocycles. The summed E-state index contributed by atoms with van der Waals surface area (Å²) in [5.74, 6) is 0.498. The van der Waals surface area contributed by atoms with Crippen molar-refractivity contribution in [2.24, 2.45) is 0 Å². The van der Waals surface area contributed by atoms with Crippen LogP contribution in [-0.4, -0.2) is 43.8 Å². The number of ether oxygens (including phenoxy) is 2. The number of anilines is 1. The standard InChI is InChI=1S/C12H16N6O2/c13-10-15-11(18-5-4-14-8-18)17-12(16-10)20-7-9-3-1-2-6-19-9/h4-5,8-9H,1-3,6-7H2,(H2,13,15,16,17). The summed E-state index contributed by atoms with van der Waals surface area (Å²) in [6, 6.07) is 0.204. The number of hydrogen-bond acceptors (Lipinski definition) is 7. The van der Waals surface area contributed by atoms with Crippen LogP contribution in [0.4, 0.5) is 5.95 Å². The molecule has 3 heterocycles. The van der Waals surface area contributed by atoms with Crippen molar-refractivity contribution < 1.29 is 9.47 Å². The summed E-state index contributed by atoms with van der Waals surface area (Å²) in [5.41, 5.74) is 5.67. The van der Waals surface area contributed by atoms with Gasteiger partial charge in [0.15, 0.2) is 0 Å². The molecule has 2 aromatic rings. The van der Waals surface area contributed by atoms with Crippen LogP contribution in [-0.2, 0) is 4.74 Å². The zero-order valence-corrected chi connectivity index (χ0v) is 11.0. The van der Waals surface area contributed by atoms with E-state index in [2.05, 4.69) is 19.9 Å². The monoisotopic (exact) mass is 276 g/mol. The summed E-state index contributed by atoms with van der Waals surface area (Å²) in [7, 11) is 0. The van der Waals surface area contributed by atoms with Gasteiger partial charge in [0.25, 0.3) is 0 Å². The van der Waals surface area contributed by atoms with Crippen LogP contribution in [0.1, 0.15) is 19.3 Å². The van der Waals surface area contributed by atoms with E-state index in [1.165, 1.54) is 0 Å². The van der Waals surface area contributed by atoms with Crippen molar-refractivity contribution in [1.82, 2.24) is 24.5 Å². The Bertz CT molecular complexity index is 553. The molecule has 0 aliphatic carbocycles. The number of aromatic nitrogens is 5. The van der Waals surface area contributed by atoms with E-state index < -0.39 is 0 Å². The van der Waals surface area contributed by atoms with Crippen LogP contribution in [0.2, 0.25) is 0 Å². The zero-order valence-electron chi connectivity index (χ0n) is 11.0. The average Bonchev–Trinajstić information content (AvgIpc) is 3.00. The molecule has 8 nitrogen and oxygen atoms in total. The molecule has 0 aromatic carbocycles. The quantitative estimate of drug-likeness (QED) is 0.871. The fourth-order valence-electron chi connectivity index (χ4n) is 2.02. The van der Waals surface area contributed by atoms with Gasteiger partial charge in [-0.25, -0.2) is 4.98 Å². The van der Waals surface area contributed by atoms with E-state index in [9.17, 15) is 0 Å².